The highest BCUT2D eigenvalue weighted by molar-refractivity contribution is 8.00. The molecule has 21 heavy (non-hydrogen) atoms. The molecule has 0 atom stereocenters. The molecule has 0 bridgehead atoms. The van der Waals surface area contributed by atoms with Crippen molar-refractivity contribution in [1.82, 2.24) is 24.8 Å². The first-order valence-corrected chi connectivity index (χ1v) is 8.78. The third-order valence-corrected chi connectivity index (χ3v) is 5.47. The summed E-state index contributed by atoms with van der Waals surface area (Å²) in [6.07, 6.45) is 0. The number of hydrogen-bond acceptors (Lipinski definition) is 7. The van der Waals surface area contributed by atoms with Crippen LogP contribution < -0.4 is 0 Å². The lowest BCUT2D eigenvalue weighted by molar-refractivity contribution is 0.860. The predicted octanol–water partition coefficient (Wildman–Crippen LogP) is 3.77. The maximum atomic E-state index is 4.62. The van der Waals surface area contributed by atoms with Gasteiger partial charge in [0.25, 0.3) is 0 Å². The summed E-state index contributed by atoms with van der Waals surface area (Å²) in [5, 5.41) is 20.0. The van der Waals surface area contributed by atoms with Crippen LogP contribution in [-0.2, 0) is 0 Å². The Morgan fingerprint density at radius 3 is 2.86 bits per heavy atom. The minimum absolute atomic E-state index is 0.746. The molecule has 8 heteroatoms. The van der Waals surface area contributed by atoms with Gasteiger partial charge in [-0.25, -0.2) is 4.98 Å². The van der Waals surface area contributed by atoms with E-state index >= 15 is 0 Å². The van der Waals surface area contributed by atoms with Crippen molar-refractivity contribution in [2.75, 3.05) is 0 Å². The Morgan fingerprint density at radius 2 is 2.10 bits per heavy atom. The van der Waals surface area contributed by atoms with E-state index in [1.165, 1.54) is 0 Å². The van der Waals surface area contributed by atoms with Crippen LogP contribution in [0.25, 0.3) is 17.0 Å². The van der Waals surface area contributed by atoms with Gasteiger partial charge in [-0.1, -0.05) is 0 Å². The molecule has 5 nitrogen and oxygen atoms in total. The van der Waals surface area contributed by atoms with Gasteiger partial charge >= 0.3 is 0 Å². The standard InChI is InChI=1S/C13H9N5S3/c1-8-6-20-13(14-8)21-11-3-2-10-15-16-12(18(10)17-11)9-4-5-19-7-9/h2-7H,1H3. The van der Waals surface area contributed by atoms with E-state index in [-0.39, 0.29) is 0 Å². The van der Waals surface area contributed by atoms with E-state index in [0.717, 1.165) is 32.1 Å². The number of thiophene rings is 1. The first-order chi connectivity index (χ1) is 10.3. The van der Waals surface area contributed by atoms with Crippen LogP contribution in [0.4, 0.5) is 0 Å². The van der Waals surface area contributed by atoms with Crippen LogP contribution in [0.3, 0.4) is 0 Å². The van der Waals surface area contributed by atoms with Crippen LogP contribution in [0.2, 0.25) is 0 Å². The zero-order valence-corrected chi connectivity index (χ0v) is 13.4. The summed E-state index contributed by atoms with van der Waals surface area (Å²) >= 11 is 4.82. The summed E-state index contributed by atoms with van der Waals surface area (Å²) in [4.78, 5) is 4.45. The van der Waals surface area contributed by atoms with Crippen molar-refractivity contribution >= 4 is 40.1 Å². The second-order valence-corrected chi connectivity index (χ2v) is 7.24. The molecule has 104 valence electrons. The van der Waals surface area contributed by atoms with Gasteiger partial charge < -0.3 is 0 Å². The Balaban J connectivity index is 1.76. The van der Waals surface area contributed by atoms with Crippen molar-refractivity contribution in [2.45, 2.75) is 16.3 Å². The number of rotatable bonds is 3. The molecule has 0 saturated carbocycles. The lowest BCUT2D eigenvalue weighted by Crippen LogP contribution is -1.95. The van der Waals surface area contributed by atoms with Gasteiger partial charge in [-0.3, -0.25) is 0 Å². The SMILES string of the molecule is Cc1csc(Sc2ccc3nnc(-c4ccsc4)n3n2)n1. The summed E-state index contributed by atoms with van der Waals surface area (Å²) in [6.45, 7) is 1.99. The molecule has 0 fully saturated rings. The molecular formula is C13H9N5S3. The normalized spacial score (nSPS) is 11.3. The molecule has 0 aromatic carbocycles. The fourth-order valence-corrected chi connectivity index (χ4v) is 4.24. The smallest absolute Gasteiger partial charge is 0.186 e. The summed E-state index contributed by atoms with van der Waals surface area (Å²) in [6, 6.07) is 5.90. The minimum Gasteiger partial charge on any atom is -0.235 e. The van der Waals surface area contributed by atoms with Crippen LogP contribution in [-0.4, -0.2) is 24.8 Å². The summed E-state index contributed by atoms with van der Waals surface area (Å²) in [5.41, 5.74) is 2.81. The molecule has 0 aliphatic rings. The molecule has 0 spiro atoms. The van der Waals surface area contributed by atoms with E-state index in [0.29, 0.717) is 0 Å². The molecule has 4 rings (SSSR count). The Hall–Kier alpha value is -1.77. The van der Waals surface area contributed by atoms with Gasteiger partial charge in [0.1, 0.15) is 5.03 Å². The van der Waals surface area contributed by atoms with Crippen LogP contribution in [0.5, 0.6) is 0 Å². The third kappa shape index (κ3) is 2.45. The van der Waals surface area contributed by atoms with Crippen LogP contribution >= 0.6 is 34.4 Å². The van der Waals surface area contributed by atoms with Crippen molar-refractivity contribution < 1.29 is 0 Å². The van der Waals surface area contributed by atoms with Gasteiger partial charge in [0.05, 0.1) is 0 Å². The second-order valence-electron chi connectivity index (χ2n) is 4.33. The molecule has 0 aliphatic carbocycles. The highest BCUT2D eigenvalue weighted by atomic mass is 32.2. The van der Waals surface area contributed by atoms with Gasteiger partial charge in [0.15, 0.2) is 15.8 Å². The van der Waals surface area contributed by atoms with Crippen molar-refractivity contribution in [2.24, 2.45) is 0 Å². The minimum atomic E-state index is 0.746. The van der Waals surface area contributed by atoms with Crippen LogP contribution in [0.1, 0.15) is 5.69 Å². The summed E-state index contributed by atoms with van der Waals surface area (Å²) in [7, 11) is 0. The first-order valence-electron chi connectivity index (χ1n) is 6.14. The molecule has 0 saturated heterocycles. The van der Waals surface area contributed by atoms with E-state index in [2.05, 4.69) is 20.3 Å². The van der Waals surface area contributed by atoms with Crippen molar-refractivity contribution in [3.8, 4) is 11.4 Å². The molecule has 4 aromatic rings. The van der Waals surface area contributed by atoms with Crippen molar-refractivity contribution in [3.63, 3.8) is 0 Å². The lowest BCUT2D eigenvalue weighted by Gasteiger charge is -2.00. The Kier molecular flexibility index (Phi) is 3.21. The number of aryl methyl sites for hydroxylation is 1. The Labute approximate surface area is 132 Å². The zero-order valence-electron chi connectivity index (χ0n) is 10.9. The van der Waals surface area contributed by atoms with Crippen molar-refractivity contribution in [3.05, 3.63) is 40.0 Å². The van der Waals surface area contributed by atoms with E-state index in [4.69, 9.17) is 0 Å². The summed E-state index contributed by atoms with van der Waals surface area (Å²) < 4.78 is 2.77. The monoisotopic (exact) mass is 331 g/mol. The summed E-state index contributed by atoms with van der Waals surface area (Å²) in [5.74, 6) is 0.768. The molecule has 0 N–H and O–H groups in total. The van der Waals surface area contributed by atoms with Gasteiger partial charge in [-0.2, -0.15) is 21.0 Å². The molecule has 0 unspecified atom stereocenters. The average molecular weight is 331 g/mol. The molecular weight excluding hydrogens is 322 g/mol. The molecule has 4 aromatic heterocycles. The fraction of sp³-hybridized carbons (Fsp3) is 0.0769. The molecule has 0 amide bonds. The molecule has 0 aliphatic heterocycles. The highest BCUT2D eigenvalue weighted by Gasteiger charge is 2.11. The van der Waals surface area contributed by atoms with Gasteiger partial charge in [-0.15, -0.1) is 21.5 Å². The molecule has 0 radical (unpaired) electrons. The van der Waals surface area contributed by atoms with E-state index in [9.17, 15) is 0 Å². The number of thiazole rings is 1. The average Bonchev–Trinajstić information content (AvgIpc) is 3.18. The van der Waals surface area contributed by atoms with Gasteiger partial charge in [0, 0.05) is 22.0 Å². The fourth-order valence-electron chi connectivity index (χ4n) is 1.87. The van der Waals surface area contributed by atoms with Crippen LogP contribution in [0, 0.1) is 6.92 Å². The zero-order chi connectivity index (χ0) is 14.2. The van der Waals surface area contributed by atoms with E-state index in [1.54, 1.807) is 39.0 Å². The van der Waals surface area contributed by atoms with E-state index < -0.39 is 0 Å². The van der Waals surface area contributed by atoms with Crippen molar-refractivity contribution in [1.29, 1.82) is 0 Å². The maximum Gasteiger partial charge on any atom is 0.186 e. The lowest BCUT2D eigenvalue weighted by atomic mass is 10.3. The highest BCUT2D eigenvalue weighted by Crippen LogP contribution is 2.29. The number of nitrogens with zero attached hydrogens (tertiary/aromatic N) is 5. The number of hydrogen-bond donors (Lipinski definition) is 0. The second kappa shape index (κ2) is 5.21. The number of aromatic nitrogens is 5. The Morgan fingerprint density at radius 1 is 1.14 bits per heavy atom. The largest absolute Gasteiger partial charge is 0.235 e. The number of fused-ring (bicyclic) bond motifs is 1. The predicted molar refractivity (Wildman–Crippen MR) is 85.1 cm³/mol. The Bertz CT molecular complexity index is 894. The van der Waals surface area contributed by atoms with Crippen LogP contribution in [0.15, 0.2) is 43.7 Å². The first kappa shape index (κ1) is 12.9. The quantitative estimate of drug-likeness (QED) is 0.572. The topological polar surface area (TPSA) is 56.0 Å². The van der Waals surface area contributed by atoms with E-state index in [1.807, 2.05) is 41.3 Å². The maximum absolute atomic E-state index is 4.62. The van der Waals surface area contributed by atoms with Gasteiger partial charge in [-0.05, 0) is 42.3 Å². The third-order valence-electron chi connectivity index (χ3n) is 2.81. The molecule has 4 heterocycles. The van der Waals surface area contributed by atoms with Gasteiger partial charge in [0.2, 0.25) is 0 Å².